The van der Waals surface area contributed by atoms with Crippen LogP contribution in [0.2, 0.25) is 5.02 Å². The Balaban J connectivity index is 1.16. The number of carbonyl (C=O) groups excluding carboxylic acids is 1. The molecule has 1 unspecified atom stereocenters. The van der Waals surface area contributed by atoms with E-state index >= 15 is 0 Å². The number of benzene rings is 3. The standard InChI is InChI=1S/C34H33ClN6O5S2/c1-19(31(43)44)47-18-22-17-37-33-40(22)25-11-10-23(14-28(25)48-33)46-27-8-6-5-7-20(27)16-36-32(45)38-30-15-29(34(2,3)4)39-41(30)21-9-12-26(42)24(35)13-21/h5-15,17,19,42H,16,18H2,1-4H3,(H,43,44)(H2,36,38,45). The van der Waals surface area contributed by atoms with Gasteiger partial charge in [-0.05, 0) is 43.3 Å². The van der Waals surface area contributed by atoms with Gasteiger partial charge in [-0.3, -0.25) is 14.5 Å². The highest BCUT2D eigenvalue weighted by molar-refractivity contribution is 7.99. The number of ether oxygens (including phenoxy) is 1. The molecule has 1 atom stereocenters. The Kier molecular flexibility index (Phi) is 9.28. The molecule has 2 amide bonds. The summed E-state index contributed by atoms with van der Waals surface area (Å²) in [4.78, 5) is 29.8. The molecule has 0 spiro atoms. The van der Waals surface area contributed by atoms with Gasteiger partial charge in [0.2, 0.25) is 0 Å². The minimum absolute atomic E-state index is 0.0460. The first-order valence-corrected chi connectivity index (χ1v) is 17.2. The molecule has 0 fully saturated rings. The van der Waals surface area contributed by atoms with Crippen LogP contribution in [-0.2, 0) is 22.5 Å². The Hall–Kier alpha value is -4.72. The lowest BCUT2D eigenvalue weighted by atomic mass is 9.92. The summed E-state index contributed by atoms with van der Waals surface area (Å²) < 4.78 is 10.9. The van der Waals surface area contributed by atoms with Gasteiger partial charge < -0.3 is 20.3 Å². The van der Waals surface area contributed by atoms with Crippen molar-refractivity contribution in [1.29, 1.82) is 0 Å². The molecule has 4 N–H and O–H groups in total. The first-order chi connectivity index (χ1) is 22.9. The van der Waals surface area contributed by atoms with Crippen LogP contribution < -0.4 is 15.4 Å². The normalized spacial score (nSPS) is 12.4. The third-order valence-corrected chi connectivity index (χ3v) is 10.0. The van der Waals surface area contributed by atoms with E-state index in [2.05, 4.69) is 20.0 Å². The number of aromatic hydroxyl groups is 1. The number of anilines is 1. The van der Waals surface area contributed by atoms with E-state index in [0.29, 0.717) is 28.8 Å². The predicted octanol–water partition coefficient (Wildman–Crippen LogP) is 8.21. The Bertz CT molecular complexity index is 2150. The number of hydrogen-bond donors (Lipinski definition) is 4. The number of aliphatic carboxylic acids is 1. The topological polar surface area (TPSA) is 143 Å². The monoisotopic (exact) mass is 704 g/mol. The van der Waals surface area contributed by atoms with Crippen LogP contribution in [0.25, 0.3) is 20.9 Å². The number of carbonyl (C=O) groups is 2. The Morgan fingerprint density at radius 3 is 2.65 bits per heavy atom. The van der Waals surface area contributed by atoms with E-state index in [0.717, 1.165) is 32.1 Å². The first-order valence-electron chi connectivity index (χ1n) is 15.0. The van der Waals surface area contributed by atoms with Gasteiger partial charge in [0.15, 0.2) is 4.96 Å². The van der Waals surface area contributed by atoms with Gasteiger partial charge in [0.1, 0.15) is 23.1 Å². The summed E-state index contributed by atoms with van der Waals surface area (Å²) in [7, 11) is 0. The molecule has 3 aromatic carbocycles. The molecule has 3 heterocycles. The lowest BCUT2D eigenvalue weighted by Crippen LogP contribution is -2.29. The van der Waals surface area contributed by atoms with Gasteiger partial charge in [-0.1, -0.05) is 61.9 Å². The maximum Gasteiger partial charge on any atom is 0.320 e. The number of nitrogens with one attached hydrogen (secondary N) is 2. The number of halogens is 1. The number of nitrogens with zero attached hydrogens (tertiary/aromatic N) is 4. The number of phenols is 1. The fourth-order valence-electron chi connectivity index (χ4n) is 4.88. The maximum atomic E-state index is 13.2. The molecule has 0 bridgehead atoms. The van der Waals surface area contributed by atoms with E-state index in [1.165, 1.54) is 29.2 Å². The molecule has 48 heavy (non-hydrogen) atoms. The Morgan fingerprint density at radius 1 is 1.10 bits per heavy atom. The molecule has 6 rings (SSSR count). The fourth-order valence-corrected chi connectivity index (χ4v) is 6.87. The summed E-state index contributed by atoms with van der Waals surface area (Å²) >= 11 is 9.04. The second-order valence-corrected chi connectivity index (χ2v) is 14.9. The fraction of sp³-hybridized carbons (Fsp3) is 0.235. The van der Waals surface area contributed by atoms with Crippen LogP contribution >= 0.6 is 34.7 Å². The zero-order chi connectivity index (χ0) is 34.2. The number of rotatable bonds is 10. The predicted molar refractivity (Wildman–Crippen MR) is 190 cm³/mol. The van der Waals surface area contributed by atoms with Gasteiger partial charge in [0.05, 0.1) is 43.8 Å². The van der Waals surface area contributed by atoms with Crippen LogP contribution in [0.3, 0.4) is 0 Å². The summed E-state index contributed by atoms with van der Waals surface area (Å²) in [6, 6.07) is 19.4. The number of imidazole rings is 1. The lowest BCUT2D eigenvalue weighted by molar-refractivity contribution is -0.136. The molecular formula is C34H33ClN6O5S2. The van der Waals surface area contributed by atoms with Crippen LogP contribution in [-0.4, -0.2) is 46.6 Å². The average Bonchev–Trinajstić information content (AvgIpc) is 3.74. The summed E-state index contributed by atoms with van der Waals surface area (Å²) in [5.41, 5.74) is 3.74. The van der Waals surface area contributed by atoms with Crippen LogP contribution in [0.1, 0.15) is 44.6 Å². The molecule has 14 heteroatoms. The zero-order valence-corrected chi connectivity index (χ0v) is 28.9. The van der Waals surface area contributed by atoms with Crippen molar-refractivity contribution < 1.29 is 24.5 Å². The molecule has 11 nitrogen and oxygen atoms in total. The van der Waals surface area contributed by atoms with E-state index in [9.17, 15) is 19.8 Å². The number of thioether (sulfide) groups is 1. The smallest absolute Gasteiger partial charge is 0.320 e. The molecule has 0 radical (unpaired) electrons. The van der Waals surface area contributed by atoms with Crippen LogP contribution in [0.15, 0.2) is 72.9 Å². The second kappa shape index (κ2) is 13.4. The van der Waals surface area contributed by atoms with Crippen LogP contribution in [0, 0.1) is 0 Å². The largest absolute Gasteiger partial charge is 0.506 e. The van der Waals surface area contributed by atoms with E-state index in [4.69, 9.17) is 21.4 Å². The number of para-hydroxylation sites is 1. The van der Waals surface area contributed by atoms with Gasteiger partial charge in [0, 0.05) is 35.4 Å². The number of aromatic nitrogens is 4. The molecule has 0 aliphatic rings. The summed E-state index contributed by atoms with van der Waals surface area (Å²) in [5.74, 6) is 1.31. The molecule has 6 aromatic rings. The van der Waals surface area contributed by atoms with Gasteiger partial charge in [-0.25, -0.2) is 14.5 Å². The van der Waals surface area contributed by atoms with Crippen molar-refractivity contribution >= 4 is 67.7 Å². The third kappa shape index (κ3) is 7.08. The van der Waals surface area contributed by atoms with E-state index < -0.39 is 17.3 Å². The van der Waals surface area contributed by atoms with Crippen LogP contribution in [0.5, 0.6) is 17.2 Å². The van der Waals surface area contributed by atoms with Gasteiger partial charge >= 0.3 is 12.0 Å². The van der Waals surface area contributed by atoms with Gasteiger partial charge in [-0.2, -0.15) is 5.10 Å². The van der Waals surface area contributed by atoms with Gasteiger partial charge in [0.25, 0.3) is 0 Å². The number of carboxylic acids is 1. The molecule has 0 saturated carbocycles. The van der Waals surface area contributed by atoms with Crippen LogP contribution in [0.4, 0.5) is 10.6 Å². The number of thiazole rings is 1. The van der Waals surface area contributed by atoms with E-state index in [-0.39, 0.29) is 22.7 Å². The molecule has 248 valence electrons. The number of fused-ring (bicyclic) bond motifs is 3. The minimum Gasteiger partial charge on any atom is -0.506 e. The highest BCUT2D eigenvalue weighted by Gasteiger charge is 2.22. The summed E-state index contributed by atoms with van der Waals surface area (Å²) in [5, 5.41) is 29.3. The molecular weight excluding hydrogens is 672 g/mol. The number of amides is 2. The third-order valence-electron chi connectivity index (χ3n) is 7.54. The highest BCUT2D eigenvalue weighted by Crippen LogP contribution is 2.34. The molecule has 3 aromatic heterocycles. The van der Waals surface area contributed by atoms with Gasteiger partial charge in [-0.15, -0.1) is 11.8 Å². The van der Waals surface area contributed by atoms with E-state index in [1.807, 2.05) is 69.3 Å². The summed E-state index contributed by atoms with van der Waals surface area (Å²) in [6.45, 7) is 7.95. The quantitative estimate of drug-likeness (QED) is 0.112. The van der Waals surface area contributed by atoms with E-state index in [1.54, 1.807) is 29.9 Å². The molecule has 0 aliphatic heterocycles. The van der Waals surface area contributed by atoms with Crippen molar-refractivity contribution in [3.05, 3.63) is 94.9 Å². The van der Waals surface area contributed by atoms with Crippen molar-refractivity contribution in [2.75, 3.05) is 5.32 Å². The number of phenolic OH excluding ortho intramolecular Hbond substituents is 1. The highest BCUT2D eigenvalue weighted by atomic mass is 35.5. The van der Waals surface area contributed by atoms with Crippen molar-refractivity contribution in [1.82, 2.24) is 24.5 Å². The van der Waals surface area contributed by atoms with Crippen molar-refractivity contribution in [3.8, 4) is 22.9 Å². The maximum absolute atomic E-state index is 13.2. The first kappa shape index (κ1) is 33.2. The Labute approximate surface area is 289 Å². The number of carboxylic acid groups (broad SMARTS) is 1. The average molecular weight is 705 g/mol. The number of urea groups is 1. The van der Waals surface area contributed by atoms with Crippen molar-refractivity contribution in [2.24, 2.45) is 0 Å². The molecule has 0 aliphatic carbocycles. The van der Waals surface area contributed by atoms with Crippen molar-refractivity contribution in [3.63, 3.8) is 0 Å². The second-order valence-electron chi connectivity index (χ2n) is 12.1. The SMILES string of the molecule is CC(SCc1cnc2sc3cc(Oc4ccccc4CNC(=O)Nc4cc(C(C)(C)C)nn4-c4ccc(O)c(Cl)c4)ccc3n12)C(=O)O. The minimum atomic E-state index is -0.840. The van der Waals surface area contributed by atoms with Crippen molar-refractivity contribution in [2.45, 2.75) is 50.7 Å². The lowest BCUT2D eigenvalue weighted by Gasteiger charge is -2.14. The Morgan fingerprint density at radius 2 is 1.90 bits per heavy atom. The number of hydrogen-bond acceptors (Lipinski definition) is 8. The molecule has 0 saturated heterocycles. The zero-order valence-electron chi connectivity index (χ0n) is 26.5. The summed E-state index contributed by atoms with van der Waals surface area (Å²) in [6.07, 6.45) is 1.79.